The second-order valence-electron chi connectivity index (χ2n) is 3.35. The molecule has 0 amide bonds. The van der Waals surface area contributed by atoms with Gasteiger partial charge >= 0.3 is 0 Å². The van der Waals surface area contributed by atoms with Gasteiger partial charge in [-0.3, -0.25) is 0 Å². The van der Waals surface area contributed by atoms with Gasteiger partial charge in [-0.05, 0) is 37.6 Å². The maximum atomic E-state index is 8.91. The van der Waals surface area contributed by atoms with Gasteiger partial charge in [0.05, 0.1) is 6.61 Å². The van der Waals surface area contributed by atoms with Gasteiger partial charge in [0.2, 0.25) is 0 Å². The number of nitrogens with two attached hydrogens (primary N) is 1. The zero-order valence-electron chi connectivity index (χ0n) is 9.23. The Morgan fingerprint density at radius 3 is 2.53 bits per heavy atom. The number of aryl methyl sites for hydroxylation is 1. The molecule has 0 unspecified atom stereocenters. The van der Waals surface area contributed by atoms with Gasteiger partial charge in [-0.1, -0.05) is 0 Å². The van der Waals surface area contributed by atoms with Gasteiger partial charge in [0.15, 0.2) is 0 Å². The van der Waals surface area contributed by atoms with Crippen molar-refractivity contribution in [1.29, 1.82) is 0 Å². The largest absolute Gasteiger partial charge is 0.399 e. The zero-order chi connectivity index (χ0) is 10.6. The summed E-state index contributed by atoms with van der Waals surface area (Å²) in [6.07, 6.45) is 0. The average molecular weight is 231 g/mol. The van der Waals surface area contributed by atoms with Crippen molar-refractivity contribution in [3.63, 3.8) is 0 Å². The van der Waals surface area contributed by atoms with E-state index in [4.69, 9.17) is 10.8 Å². The molecule has 1 aromatic carbocycles. The van der Waals surface area contributed by atoms with E-state index in [2.05, 4.69) is 11.8 Å². The lowest BCUT2D eigenvalue weighted by Gasteiger charge is -2.24. The molecule has 0 aliphatic rings. The lowest BCUT2D eigenvalue weighted by atomic mass is 10.1. The number of aliphatic hydroxyl groups is 1. The summed E-state index contributed by atoms with van der Waals surface area (Å²) < 4.78 is 0. The van der Waals surface area contributed by atoms with E-state index < -0.39 is 0 Å². The van der Waals surface area contributed by atoms with Gasteiger partial charge in [0, 0.05) is 24.5 Å². The molecule has 1 rings (SSSR count). The summed E-state index contributed by atoms with van der Waals surface area (Å²) in [6.45, 7) is 5.85. The number of hydrogen-bond donors (Lipinski definition) is 2. The number of nitrogen functional groups attached to an aromatic ring is 1. The van der Waals surface area contributed by atoms with E-state index in [1.54, 1.807) is 0 Å². The Balaban J connectivity index is 0.00000196. The van der Waals surface area contributed by atoms with Gasteiger partial charge in [-0.25, -0.2) is 0 Å². The number of benzene rings is 1. The fraction of sp³-hybridized carbons (Fsp3) is 0.455. The summed E-state index contributed by atoms with van der Waals surface area (Å²) in [5.41, 5.74) is 8.76. The maximum Gasteiger partial charge on any atom is 0.0606 e. The molecule has 15 heavy (non-hydrogen) atoms. The van der Waals surface area contributed by atoms with Crippen molar-refractivity contribution < 1.29 is 5.11 Å². The molecule has 0 saturated carbocycles. The molecule has 0 atom stereocenters. The second-order valence-corrected chi connectivity index (χ2v) is 3.35. The van der Waals surface area contributed by atoms with E-state index in [0.717, 1.165) is 23.5 Å². The Kier molecular flexibility index (Phi) is 6.13. The Bertz CT molecular complexity index is 305. The van der Waals surface area contributed by atoms with E-state index in [1.807, 2.05) is 25.1 Å². The van der Waals surface area contributed by atoms with Crippen molar-refractivity contribution in [1.82, 2.24) is 0 Å². The monoisotopic (exact) mass is 230 g/mol. The van der Waals surface area contributed by atoms with Crippen molar-refractivity contribution in [2.45, 2.75) is 13.8 Å². The predicted octanol–water partition coefficient (Wildman–Crippen LogP) is 1.82. The van der Waals surface area contributed by atoms with Crippen molar-refractivity contribution in [2.24, 2.45) is 0 Å². The van der Waals surface area contributed by atoms with Crippen LogP contribution in [0.3, 0.4) is 0 Å². The third-order valence-corrected chi connectivity index (χ3v) is 2.31. The highest BCUT2D eigenvalue weighted by molar-refractivity contribution is 5.85. The SMILES string of the molecule is CCN(CCO)c1ccc(N)cc1C.Cl. The summed E-state index contributed by atoms with van der Waals surface area (Å²) >= 11 is 0. The van der Waals surface area contributed by atoms with Gasteiger partial charge in [-0.2, -0.15) is 0 Å². The third-order valence-electron chi connectivity index (χ3n) is 2.31. The first-order valence-corrected chi connectivity index (χ1v) is 4.91. The number of nitrogens with zero attached hydrogens (tertiary/aromatic N) is 1. The van der Waals surface area contributed by atoms with Gasteiger partial charge < -0.3 is 15.7 Å². The van der Waals surface area contributed by atoms with Crippen molar-refractivity contribution in [2.75, 3.05) is 30.3 Å². The number of rotatable bonds is 4. The molecule has 0 spiro atoms. The molecule has 0 saturated heterocycles. The van der Waals surface area contributed by atoms with Crippen molar-refractivity contribution >= 4 is 23.8 Å². The van der Waals surface area contributed by atoms with Gasteiger partial charge in [-0.15, -0.1) is 12.4 Å². The average Bonchev–Trinajstić information content (AvgIpc) is 2.15. The molecule has 86 valence electrons. The smallest absolute Gasteiger partial charge is 0.0606 e. The molecule has 0 fully saturated rings. The topological polar surface area (TPSA) is 49.5 Å². The molecule has 3 nitrogen and oxygen atoms in total. The lowest BCUT2D eigenvalue weighted by Crippen LogP contribution is -2.26. The Hall–Kier alpha value is -0.930. The van der Waals surface area contributed by atoms with Crippen LogP contribution in [-0.4, -0.2) is 24.8 Å². The van der Waals surface area contributed by atoms with Gasteiger partial charge in [0.1, 0.15) is 0 Å². The molecule has 0 heterocycles. The molecular weight excluding hydrogens is 212 g/mol. The van der Waals surface area contributed by atoms with Crippen LogP contribution in [0.2, 0.25) is 0 Å². The first-order chi connectivity index (χ1) is 6.69. The summed E-state index contributed by atoms with van der Waals surface area (Å²) in [6, 6.07) is 5.85. The van der Waals surface area contributed by atoms with Gasteiger partial charge in [0.25, 0.3) is 0 Å². The summed E-state index contributed by atoms with van der Waals surface area (Å²) in [5.74, 6) is 0. The van der Waals surface area contributed by atoms with Crippen LogP contribution in [0.5, 0.6) is 0 Å². The van der Waals surface area contributed by atoms with E-state index >= 15 is 0 Å². The molecular formula is C11H19ClN2O. The van der Waals surface area contributed by atoms with E-state index in [-0.39, 0.29) is 19.0 Å². The molecule has 0 radical (unpaired) electrons. The van der Waals surface area contributed by atoms with Crippen LogP contribution in [-0.2, 0) is 0 Å². The summed E-state index contributed by atoms with van der Waals surface area (Å²) in [4.78, 5) is 2.13. The third kappa shape index (κ3) is 3.61. The molecule has 0 aliphatic heterocycles. The van der Waals surface area contributed by atoms with Crippen LogP contribution < -0.4 is 10.6 Å². The van der Waals surface area contributed by atoms with Crippen molar-refractivity contribution in [3.05, 3.63) is 23.8 Å². The number of likely N-dealkylation sites (N-methyl/N-ethyl adjacent to an activating group) is 1. The van der Waals surface area contributed by atoms with Crippen LogP contribution in [0.1, 0.15) is 12.5 Å². The van der Waals surface area contributed by atoms with Crippen LogP contribution in [0.15, 0.2) is 18.2 Å². The number of halogens is 1. The van der Waals surface area contributed by atoms with Crippen LogP contribution >= 0.6 is 12.4 Å². The predicted molar refractivity (Wildman–Crippen MR) is 67.8 cm³/mol. The first kappa shape index (κ1) is 14.1. The highest BCUT2D eigenvalue weighted by atomic mass is 35.5. The second kappa shape index (κ2) is 6.53. The summed E-state index contributed by atoms with van der Waals surface area (Å²) in [5, 5.41) is 8.91. The normalized spacial score (nSPS) is 9.53. The van der Waals surface area contributed by atoms with Crippen LogP contribution in [0.25, 0.3) is 0 Å². The highest BCUT2D eigenvalue weighted by Gasteiger charge is 2.06. The number of aliphatic hydroxyl groups excluding tert-OH is 1. The minimum Gasteiger partial charge on any atom is -0.399 e. The maximum absolute atomic E-state index is 8.91. The van der Waals surface area contributed by atoms with E-state index in [0.29, 0.717) is 6.54 Å². The van der Waals surface area contributed by atoms with E-state index in [1.165, 1.54) is 0 Å². The number of anilines is 2. The quantitative estimate of drug-likeness (QED) is 0.776. The molecule has 0 aliphatic carbocycles. The molecule has 0 aromatic heterocycles. The lowest BCUT2D eigenvalue weighted by molar-refractivity contribution is 0.302. The van der Waals surface area contributed by atoms with Crippen molar-refractivity contribution in [3.8, 4) is 0 Å². The molecule has 0 bridgehead atoms. The highest BCUT2D eigenvalue weighted by Crippen LogP contribution is 2.21. The Labute approximate surface area is 97.3 Å². The number of hydrogen-bond acceptors (Lipinski definition) is 3. The Morgan fingerprint density at radius 2 is 2.07 bits per heavy atom. The Morgan fingerprint density at radius 1 is 1.40 bits per heavy atom. The molecule has 3 N–H and O–H groups in total. The standard InChI is InChI=1S/C11H18N2O.ClH/c1-3-13(6-7-14)11-5-4-10(12)8-9(11)2;/h4-5,8,14H,3,6-7,12H2,1-2H3;1H. The minimum absolute atomic E-state index is 0. The summed E-state index contributed by atoms with van der Waals surface area (Å²) in [7, 11) is 0. The molecule has 1 aromatic rings. The fourth-order valence-corrected chi connectivity index (χ4v) is 1.60. The minimum atomic E-state index is 0. The first-order valence-electron chi connectivity index (χ1n) is 4.91. The van der Waals surface area contributed by atoms with E-state index in [9.17, 15) is 0 Å². The fourth-order valence-electron chi connectivity index (χ4n) is 1.60. The van der Waals surface area contributed by atoms with Crippen LogP contribution in [0, 0.1) is 6.92 Å². The molecule has 4 heteroatoms. The zero-order valence-corrected chi connectivity index (χ0v) is 10.0. The van der Waals surface area contributed by atoms with Crippen LogP contribution in [0.4, 0.5) is 11.4 Å².